The monoisotopic (exact) mass is 579 g/mol. The number of phenolic OH excluding ortho intramolecular Hbond substituents is 1. The molecule has 2 heterocycles. The highest BCUT2D eigenvalue weighted by atomic mass is 32.1. The third-order valence-electron chi connectivity index (χ3n) is 6.97. The summed E-state index contributed by atoms with van der Waals surface area (Å²) in [5.41, 5.74) is 2.31. The van der Waals surface area contributed by atoms with E-state index < -0.39 is 17.9 Å². The predicted octanol–water partition coefficient (Wildman–Crippen LogP) is 4.31. The van der Waals surface area contributed by atoms with Crippen LogP contribution < -0.4 is 16.0 Å². The first-order valence-electron chi connectivity index (χ1n) is 14.0. The lowest BCUT2D eigenvalue weighted by Crippen LogP contribution is -2.45. The number of aromatic hydroxyl groups is 1. The summed E-state index contributed by atoms with van der Waals surface area (Å²) in [6, 6.07) is 9.76. The number of benzene rings is 1. The van der Waals surface area contributed by atoms with Crippen LogP contribution in [-0.2, 0) is 16.0 Å². The lowest BCUT2D eigenvalue weighted by molar-refractivity contribution is -0.151. The number of carbonyl (C=O) groups is 3. The molecule has 2 amide bonds. The number of thiophene rings is 1. The van der Waals surface area contributed by atoms with Gasteiger partial charge < -0.3 is 25.8 Å². The summed E-state index contributed by atoms with van der Waals surface area (Å²) in [4.78, 5) is 48.3. The van der Waals surface area contributed by atoms with Crippen LogP contribution in [0, 0.1) is 13.8 Å². The van der Waals surface area contributed by atoms with Gasteiger partial charge >= 0.3 is 5.97 Å². The van der Waals surface area contributed by atoms with E-state index in [0.717, 1.165) is 44.1 Å². The number of rotatable bonds is 13. The number of esters is 1. The van der Waals surface area contributed by atoms with Gasteiger partial charge in [0, 0.05) is 13.1 Å². The molecule has 4 rings (SSSR count). The summed E-state index contributed by atoms with van der Waals surface area (Å²) in [7, 11) is 0. The summed E-state index contributed by atoms with van der Waals surface area (Å²) in [6.07, 6.45) is 5.29. The number of nitrogens with zero attached hydrogens (tertiary/aromatic N) is 2. The third-order valence-corrected chi connectivity index (χ3v) is 7.84. The van der Waals surface area contributed by atoms with Crippen LogP contribution in [0.5, 0.6) is 5.75 Å². The molecule has 3 aromatic rings. The number of anilines is 1. The molecule has 11 heteroatoms. The summed E-state index contributed by atoms with van der Waals surface area (Å²) in [6.45, 7) is 4.27. The fourth-order valence-electron chi connectivity index (χ4n) is 4.89. The molecule has 0 radical (unpaired) electrons. The van der Waals surface area contributed by atoms with E-state index in [-0.39, 0.29) is 30.7 Å². The van der Waals surface area contributed by atoms with E-state index in [2.05, 4.69) is 25.9 Å². The van der Waals surface area contributed by atoms with Crippen molar-refractivity contribution in [3.63, 3.8) is 0 Å². The average Bonchev–Trinajstić information content (AvgIpc) is 3.65. The van der Waals surface area contributed by atoms with Crippen molar-refractivity contribution in [3.05, 3.63) is 69.2 Å². The molecule has 41 heavy (non-hydrogen) atoms. The largest absolute Gasteiger partial charge is 0.508 e. The Hall–Kier alpha value is -3.99. The molecular formula is C30H37N5O5S. The van der Waals surface area contributed by atoms with Crippen molar-refractivity contribution < 1.29 is 24.2 Å². The van der Waals surface area contributed by atoms with Crippen LogP contribution in [0.3, 0.4) is 0 Å². The molecule has 1 aliphatic carbocycles. The van der Waals surface area contributed by atoms with E-state index in [1.807, 2.05) is 17.5 Å². The predicted molar refractivity (Wildman–Crippen MR) is 157 cm³/mol. The second-order valence-electron chi connectivity index (χ2n) is 10.2. The van der Waals surface area contributed by atoms with Gasteiger partial charge in [-0.3, -0.25) is 9.59 Å². The number of carbonyl (C=O) groups excluding carboxylic acids is 3. The Kier molecular flexibility index (Phi) is 10.7. The first-order chi connectivity index (χ1) is 19.8. The molecule has 0 aliphatic heterocycles. The van der Waals surface area contributed by atoms with Crippen LogP contribution in [0.1, 0.15) is 75.5 Å². The molecular weight excluding hydrogens is 542 g/mol. The molecule has 0 saturated heterocycles. The Labute approximate surface area is 244 Å². The Morgan fingerprint density at radius 2 is 1.80 bits per heavy atom. The van der Waals surface area contributed by atoms with Gasteiger partial charge in [0.2, 0.25) is 5.95 Å². The second kappa shape index (κ2) is 14.6. The zero-order valence-corrected chi connectivity index (χ0v) is 24.3. The molecule has 10 nitrogen and oxygen atoms in total. The fraction of sp³-hybridized carbons (Fsp3) is 0.433. The molecule has 218 valence electrons. The van der Waals surface area contributed by atoms with Gasteiger partial charge in [-0.25, -0.2) is 14.8 Å². The minimum atomic E-state index is -0.930. The van der Waals surface area contributed by atoms with Crippen LogP contribution in [0.2, 0.25) is 0 Å². The van der Waals surface area contributed by atoms with Crippen molar-refractivity contribution in [2.24, 2.45) is 0 Å². The lowest BCUT2D eigenvalue weighted by Gasteiger charge is -2.21. The summed E-state index contributed by atoms with van der Waals surface area (Å²) >= 11 is 1.33. The molecule has 1 saturated carbocycles. The topological polar surface area (TPSA) is 143 Å². The quantitative estimate of drug-likeness (QED) is 0.173. The second-order valence-corrected chi connectivity index (χ2v) is 11.1. The Bertz CT molecular complexity index is 1320. The fourth-order valence-corrected chi connectivity index (χ4v) is 5.53. The third kappa shape index (κ3) is 8.75. The van der Waals surface area contributed by atoms with E-state index in [9.17, 15) is 19.5 Å². The molecule has 0 unspecified atom stereocenters. The van der Waals surface area contributed by atoms with E-state index in [1.165, 1.54) is 11.3 Å². The van der Waals surface area contributed by atoms with E-state index >= 15 is 0 Å². The van der Waals surface area contributed by atoms with Gasteiger partial charge in [-0.15, -0.1) is 11.3 Å². The van der Waals surface area contributed by atoms with E-state index in [4.69, 9.17) is 4.74 Å². The number of aromatic nitrogens is 2. The number of aryl methyl sites for hydroxylation is 3. The molecule has 0 spiro atoms. The van der Waals surface area contributed by atoms with E-state index in [0.29, 0.717) is 34.3 Å². The van der Waals surface area contributed by atoms with Crippen molar-refractivity contribution in [2.75, 3.05) is 18.4 Å². The van der Waals surface area contributed by atoms with Crippen molar-refractivity contribution >= 4 is 35.1 Å². The standard InChI is InChI=1S/C30H37N5O5S/c1-19-26(20(2)34-30(33-19)32-15-6-9-21-8-5-10-22(36)18-21)28(38)35-24(29(39)40-23-11-3-4-12-23)14-16-31-27(37)25-13-7-17-41-25/h5,7-8,10,13,17-18,23-24,36H,3-4,6,9,11-12,14-16H2,1-2H3,(H,31,37)(H,35,38)(H,32,33,34)/t24-/m0/s1. The van der Waals surface area contributed by atoms with Crippen LogP contribution in [0.4, 0.5) is 5.95 Å². The molecule has 1 fully saturated rings. The number of phenols is 1. The molecule has 1 aromatic carbocycles. The summed E-state index contributed by atoms with van der Waals surface area (Å²) in [5.74, 6) is -0.526. The minimum absolute atomic E-state index is 0.146. The van der Waals surface area contributed by atoms with Crippen molar-refractivity contribution in [2.45, 2.75) is 70.9 Å². The zero-order chi connectivity index (χ0) is 29.2. The lowest BCUT2D eigenvalue weighted by atomic mass is 10.1. The summed E-state index contributed by atoms with van der Waals surface area (Å²) in [5, 5.41) is 20.3. The van der Waals surface area contributed by atoms with Gasteiger partial charge in [0.25, 0.3) is 11.8 Å². The molecule has 0 bridgehead atoms. The normalized spacial score (nSPS) is 13.9. The maximum Gasteiger partial charge on any atom is 0.328 e. The maximum absolute atomic E-state index is 13.4. The van der Waals surface area contributed by atoms with Crippen molar-refractivity contribution in [1.82, 2.24) is 20.6 Å². The van der Waals surface area contributed by atoms with Crippen molar-refractivity contribution in [3.8, 4) is 5.75 Å². The first-order valence-corrected chi connectivity index (χ1v) is 14.9. The number of ether oxygens (including phenoxy) is 1. The van der Waals surface area contributed by atoms with Gasteiger partial charge in [-0.05, 0) is 87.9 Å². The van der Waals surface area contributed by atoms with E-state index in [1.54, 1.807) is 38.1 Å². The Morgan fingerprint density at radius 1 is 1.05 bits per heavy atom. The molecule has 1 aliphatic rings. The van der Waals surface area contributed by atoms with Crippen LogP contribution in [-0.4, -0.2) is 58.1 Å². The smallest absolute Gasteiger partial charge is 0.328 e. The highest BCUT2D eigenvalue weighted by Crippen LogP contribution is 2.22. The molecule has 1 atom stereocenters. The molecule has 4 N–H and O–H groups in total. The van der Waals surface area contributed by atoms with Crippen LogP contribution in [0.15, 0.2) is 41.8 Å². The van der Waals surface area contributed by atoms with Gasteiger partial charge in [-0.1, -0.05) is 18.2 Å². The van der Waals surface area contributed by atoms with Gasteiger partial charge in [-0.2, -0.15) is 0 Å². The highest BCUT2D eigenvalue weighted by molar-refractivity contribution is 7.12. The first kappa shape index (κ1) is 30.0. The highest BCUT2D eigenvalue weighted by Gasteiger charge is 2.28. The van der Waals surface area contributed by atoms with Crippen LogP contribution >= 0.6 is 11.3 Å². The maximum atomic E-state index is 13.4. The average molecular weight is 580 g/mol. The minimum Gasteiger partial charge on any atom is -0.508 e. The Balaban J connectivity index is 1.36. The number of nitrogens with one attached hydrogen (secondary N) is 3. The number of hydrogen-bond acceptors (Lipinski definition) is 9. The van der Waals surface area contributed by atoms with Gasteiger partial charge in [0.1, 0.15) is 17.9 Å². The summed E-state index contributed by atoms with van der Waals surface area (Å²) < 4.78 is 5.69. The molecule has 2 aromatic heterocycles. The number of amides is 2. The SMILES string of the molecule is Cc1nc(NCCCc2cccc(O)c2)nc(C)c1C(=O)N[C@@H](CCNC(=O)c1cccs1)C(=O)OC1CCCC1. The number of hydrogen-bond donors (Lipinski definition) is 4. The van der Waals surface area contributed by atoms with Crippen LogP contribution in [0.25, 0.3) is 0 Å². The van der Waals surface area contributed by atoms with Gasteiger partial charge in [0.05, 0.1) is 21.8 Å². The Morgan fingerprint density at radius 3 is 2.49 bits per heavy atom. The van der Waals surface area contributed by atoms with Crippen molar-refractivity contribution in [1.29, 1.82) is 0 Å². The van der Waals surface area contributed by atoms with Gasteiger partial charge in [0.15, 0.2) is 0 Å². The zero-order valence-electron chi connectivity index (χ0n) is 23.4.